The Hall–Kier alpha value is -2.32. The second kappa shape index (κ2) is 9.57. The molecule has 27 heavy (non-hydrogen) atoms. The minimum atomic E-state index is -0.550. The molecule has 0 amide bonds. The quantitative estimate of drug-likeness (QED) is 0.398. The fourth-order valence-corrected chi connectivity index (χ4v) is 2.85. The van der Waals surface area contributed by atoms with Crippen LogP contribution in [0.15, 0.2) is 29.8 Å². The molecule has 0 aliphatic heterocycles. The van der Waals surface area contributed by atoms with Crippen molar-refractivity contribution in [2.24, 2.45) is 0 Å². The molecular formula is C19H27N3O4S. The molecule has 0 unspecified atom stereocenters. The predicted octanol–water partition coefficient (Wildman–Crippen LogP) is 3.10. The Morgan fingerprint density at radius 2 is 2.11 bits per heavy atom. The van der Waals surface area contributed by atoms with E-state index in [0.717, 1.165) is 17.2 Å². The van der Waals surface area contributed by atoms with Crippen LogP contribution in [0.1, 0.15) is 26.3 Å². The van der Waals surface area contributed by atoms with Crippen LogP contribution in [0.3, 0.4) is 0 Å². The number of benzene rings is 1. The number of nitrogen functional groups attached to an aromatic ring is 1. The molecule has 148 valence electrons. The van der Waals surface area contributed by atoms with Gasteiger partial charge >= 0.3 is 5.97 Å². The van der Waals surface area contributed by atoms with E-state index in [1.807, 2.05) is 44.2 Å². The number of carbonyl (C=O) groups is 1. The van der Waals surface area contributed by atoms with Gasteiger partial charge in [-0.1, -0.05) is 6.07 Å². The van der Waals surface area contributed by atoms with Gasteiger partial charge in [-0.3, -0.25) is 0 Å². The highest BCUT2D eigenvalue weighted by Crippen LogP contribution is 2.23. The zero-order valence-corrected chi connectivity index (χ0v) is 17.0. The molecule has 0 atom stereocenters. The van der Waals surface area contributed by atoms with Crippen LogP contribution in [-0.4, -0.2) is 43.4 Å². The second-order valence-corrected chi connectivity index (χ2v) is 7.90. The lowest BCUT2D eigenvalue weighted by molar-refractivity contribution is -0.157. The minimum Gasteiger partial charge on any atom is -0.481 e. The van der Waals surface area contributed by atoms with Crippen molar-refractivity contribution in [2.75, 3.05) is 37.4 Å². The molecule has 0 aliphatic rings. The van der Waals surface area contributed by atoms with Crippen LogP contribution >= 0.6 is 11.3 Å². The van der Waals surface area contributed by atoms with Gasteiger partial charge in [-0.05, 0) is 26.8 Å². The molecule has 2 N–H and O–H groups in total. The highest BCUT2D eigenvalue weighted by atomic mass is 32.1. The number of carbonyl (C=O) groups excluding carboxylic acids is 1. The van der Waals surface area contributed by atoms with E-state index in [-0.39, 0.29) is 6.61 Å². The summed E-state index contributed by atoms with van der Waals surface area (Å²) in [5.41, 5.74) is 6.67. The highest BCUT2D eigenvalue weighted by Gasteiger charge is 2.17. The summed E-state index contributed by atoms with van der Waals surface area (Å²) in [5, 5.41) is 2.89. The van der Waals surface area contributed by atoms with E-state index in [9.17, 15) is 4.79 Å². The van der Waals surface area contributed by atoms with Gasteiger partial charge in [-0.25, -0.2) is 9.78 Å². The third-order valence-corrected chi connectivity index (χ3v) is 4.32. The Bertz CT molecular complexity index is 729. The molecule has 0 saturated carbocycles. The van der Waals surface area contributed by atoms with Crippen LogP contribution in [0.2, 0.25) is 0 Å². The predicted molar refractivity (Wildman–Crippen MR) is 107 cm³/mol. The van der Waals surface area contributed by atoms with E-state index in [1.54, 1.807) is 29.7 Å². The average Bonchev–Trinajstić information content (AvgIpc) is 3.11. The van der Waals surface area contributed by atoms with Gasteiger partial charge in [-0.15, -0.1) is 11.3 Å². The lowest BCUT2D eigenvalue weighted by Gasteiger charge is -2.20. The van der Waals surface area contributed by atoms with E-state index in [2.05, 4.69) is 4.98 Å². The van der Waals surface area contributed by atoms with Crippen LogP contribution in [0.4, 0.5) is 10.8 Å². The first-order valence-electron chi connectivity index (χ1n) is 8.66. The first-order valence-corrected chi connectivity index (χ1v) is 9.54. The fraction of sp³-hybridized carbons (Fsp3) is 0.474. The van der Waals surface area contributed by atoms with E-state index in [0.29, 0.717) is 24.7 Å². The zero-order chi connectivity index (χ0) is 19.9. The monoisotopic (exact) mass is 393 g/mol. The van der Waals surface area contributed by atoms with E-state index in [1.165, 1.54) is 0 Å². The summed E-state index contributed by atoms with van der Waals surface area (Å²) in [6.07, 6.45) is 1.78. The van der Waals surface area contributed by atoms with Crippen molar-refractivity contribution >= 4 is 28.1 Å². The van der Waals surface area contributed by atoms with Gasteiger partial charge in [0.25, 0.3) is 0 Å². The number of hydrogen-bond acceptors (Lipinski definition) is 8. The largest absolute Gasteiger partial charge is 0.481 e. The van der Waals surface area contributed by atoms with Crippen LogP contribution in [-0.2, 0) is 20.9 Å². The van der Waals surface area contributed by atoms with Crippen molar-refractivity contribution in [1.29, 1.82) is 0 Å². The summed E-state index contributed by atoms with van der Waals surface area (Å²) in [6.45, 7) is 6.87. The molecule has 1 heterocycles. The van der Waals surface area contributed by atoms with E-state index >= 15 is 0 Å². The van der Waals surface area contributed by atoms with Crippen molar-refractivity contribution in [3.8, 4) is 5.75 Å². The van der Waals surface area contributed by atoms with Crippen LogP contribution in [0, 0.1) is 0 Å². The maximum atomic E-state index is 11.9. The van der Waals surface area contributed by atoms with Crippen molar-refractivity contribution in [1.82, 2.24) is 4.98 Å². The van der Waals surface area contributed by atoms with Crippen LogP contribution in [0.5, 0.6) is 5.75 Å². The molecule has 0 spiro atoms. The van der Waals surface area contributed by atoms with Gasteiger partial charge in [0.15, 0.2) is 11.7 Å². The van der Waals surface area contributed by atoms with Crippen LogP contribution < -0.4 is 15.4 Å². The summed E-state index contributed by atoms with van der Waals surface area (Å²) < 4.78 is 16.6. The molecule has 2 aromatic rings. The van der Waals surface area contributed by atoms with Gasteiger partial charge in [0.2, 0.25) is 0 Å². The number of hydrogen-bond donors (Lipinski definition) is 1. The van der Waals surface area contributed by atoms with E-state index in [4.69, 9.17) is 19.9 Å². The van der Waals surface area contributed by atoms with E-state index < -0.39 is 11.6 Å². The third-order valence-electron chi connectivity index (χ3n) is 3.43. The van der Waals surface area contributed by atoms with Crippen molar-refractivity contribution < 1.29 is 19.0 Å². The van der Waals surface area contributed by atoms with Gasteiger partial charge < -0.3 is 24.8 Å². The zero-order valence-electron chi connectivity index (χ0n) is 16.2. The van der Waals surface area contributed by atoms with Crippen molar-refractivity contribution in [2.45, 2.75) is 33.0 Å². The summed E-state index contributed by atoms with van der Waals surface area (Å²) in [7, 11) is 1.97. The molecule has 0 radical (unpaired) electrons. The summed E-state index contributed by atoms with van der Waals surface area (Å²) in [6, 6.07) is 5.30. The van der Waals surface area contributed by atoms with Crippen molar-refractivity contribution in [3.63, 3.8) is 0 Å². The van der Waals surface area contributed by atoms with Crippen molar-refractivity contribution in [3.05, 3.63) is 35.3 Å². The molecular weight excluding hydrogens is 366 g/mol. The number of nitrogens with zero attached hydrogens (tertiary/aromatic N) is 2. The normalized spacial score (nSPS) is 11.3. The van der Waals surface area contributed by atoms with Crippen LogP contribution in [0.25, 0.3) is 0 Å². The number of ether oxygens (including phenoxy) is 3. The smallest absolute Gasteiger partial charge is 0.344 e. The second-order valence-electron chi connectivity index (χ2n) is 7.03. The summed E-state index contributed by atoms with van der Waals surface area (Å²) in [5.74, 6) is 0.0935. The number of anilines is 2. The third kappa shape index (κ3) is 7.44. The minimum absolute atomic E-state index is 0.180. The van der Waals surface area contributed by atoms with Gasteiger partial charge in [-0.2, -0.15) is 0 Å². The van der Waals surface area contributed by atoms with Gasteiger partial charge in [0.1, 0.15) is 11.4 Å². The Balaban J connectivity index is 1.84. The maximum Gasteiger partial charge on any atom is 0.344 e. The number of rotatable bonds is 9. The average molecular weight is 394 g/mol. The number of aromatic nitrogens is 1. The molecule has 2 rings (SSSR count). The Morgan fingerprint density at radius 1 is 1.33 bits per heavy atom. The Kier molecular flexibility index (Phi) is 7.44. The molecule has 0 bridgehead atoms. The Labute approximate surface area is 164 Å². The maximum absolute atomic E-state index is 11.9. The molecule has 0 saturated heterocycles. The molecule has 0 fully saturated rings. The molecule has 1 aromatic carbocycles. The summed E-state index contributed by atoms with van der Waals surface area (Å²) in [4.78, 5) is 18.1. The number of nitrogens with two attached hydrogens (primary N) is 1. The van der Waals surface area contributed by atoms with Gasteiger partial charge in [0, 0.05) is 42.5 Å². The fourth-order valence-electron chi connectivity index (χ4n) is 2.22. The Morgan fingerprint density at radius 3 is 2.78 bits per heavy atom. The molecule has 7 nitrogen and oxygen atoms in total. The lowest BCUT2D eigenvalue weighted by atomic mass is 10.2. The number of esters is 1. The highest BCUT2D eigenvalue weighted by molar-refractivity contribution is 7.13. The molecule has 0 aliphatic carbocycles. The SMILES string of the molecule is CN(CCOCc1ccc(N)cc1OCC(=O)OC(C)(C)C)c1nccs1. The summed E-state index contributed by atoms with van der Waals surface area (Å²) >= 11 is 1.58. The first kappa shape index (κ1) is 21.0. The number of thiazole rings is 1. The lowest BCUT2D eigenvalue weighted by Crippen LogP contribution is -2.27. The van der Waals surface area contributed by atoms with Gasteiger partial charge in [0.05, 0.1) is 13.2 Å². The molecule has 8 heteroatoms. The standard InChI is InChI=1S/C19H27N3O4S/c1-19(2,3)26-17(23)13-25-16-11-15(20)6-5-14(16)12-24-9-8-22(4)18-21-7-10-27-18/h5-7,10-11H,8-9,12-13,20H2,1-4H3. The topological polar surface area (TPSA) is 86.9 Å². The molecule has 1 aromatic heterocycles. The number of likely N-dealkylation sites (N-methyl/N-ethyl adjacent to an activating group) is 1. The first-order chi connectivity index (χ1) is 12.7.